The van der Waals surface area contributed by atoms with Crippen molar-refractivity contribution in [2.75, 3.05) is 13.1 Å². The molecule has 0 spiro atoms. The van der Waals surface area contributed by atoms with E-state index in [-0.39, 0.29) is 29.9 Å². The van der Waals surface area contributed by atoms with Crippen LogP contribution in [-0.2, 0) is 18.4 Å². The van der Waals surface area contributed by atoms with Crippen molar-refractivity contribution in [3.63, 3.8) is 0 Å². The van der Waals surface area contributed by atoms with Crippen molar-refractivity contribution in [2.45, 2.75) is 25.3 Å². The molecule has 3 aromatic rings. The van der Waals surface area contributed by atoms with Crippen molar-refractivity contribution >= 4 is 5.91 Å². The highest BCUT2D eigenvalue weighted by atomic mass is 19.1. The first-order chi connectivity index (χ1) is 13.5. The Hall–Kier alpha value is -3.30. The zero-order valence-corrected chi connectivity index (χ0v) is 15.3. The Morgan fingerprint density at radius 3 is 2.82 bits per heavy atom. The lowest BCUT2D eigenvalue weighted by atomic mass is 9.98. The molecule has 1 amide bonds. The Labute approximate surface area is 159 Å². The number of likely N-dealkylation sites (tertiary alicyclic amines) is 1. The summed E-state index contributed by atoms with van der Waals surface area (Å²) >= 11 is 0. The molecule has 3 heterocycles. The summed E-state index contributed by atoms with van der Waals surface area (Å²) in [5.74, 6) is 0.245. The number of benzene rings is 1. The number of hydrogen-bond donors (Lipinski definition) is 0. The van der Waals surface area contributed by atoms with E-state index in [1.54, 1.807) is 24.1 Å². The molecule has 0 N–H and O–H groups in total. The van der Waals surface area contributed by atoms with E-state index in [9.17, 15) is 14.0 Å². The smallest absolute Gasteiger partial charge is 0.340 e. The van der Waals surface area contributed by atoms with Crippen molar-refractivity contribution in [1.82, 2.24) is 29.4 Å². The largest absolute Gasteiger partial charge is 0.345 e. The normalized spacial score (nSPS) is 17.1. The standard InChI is InChI=1S/C18H19FN6O3/c1-23-11-20-25(18(23)27)10-15(26)24-8-2-3-13(9-24)17-21-16(22-28-17)12-4-6-14(19)7-5-12/h4-7,11,13H,2-3,8-10H2,1H3. The van der Waals surface area contributed by atoms with Crippen LogP contribution in [0.5, 0.6) is 0 Å². The first kappa shape index (κ1) is 18.1. The van der Waals surface area contributed by atoms with E-state index in [0.717, 1.165) is 17.5 Å². The van der Waals surface area contributed by atoms with Gasteiger partial charge in [-0.15, -0.1) is 0 Å². The van der Waals surface area contributed by atoms with Gasteiger partial charge < -0.3 is 9.42 Å². The van der Waals surface area contributed by atoms with Crippen molar-refractivity contribution in [2.24, 2.45) is 7.05 Å². The molecule has 2 aromatic heterocycles. The molecule has 0 saturated carbocycles. The van der Waals surface area contributed by atoms with E-state index in [4.69, 9.17) is 4.52 Å². The quantitative estimate of drug-likeness (QED) is 0.668. The Balaban J connectivity index is 1.45. The number of aryl methyl sites for hydroxylation is 1. The van der Waals surface area contributed by atoms with Gasteiger partial charge in [-0.1, -0.05) is 5.16 Å². The maximum absolute atomic E-state index is 13.1. The fourth-order valence-corrected chi connectivity index (χ4v) is 3.28. The van der Waals surface area contributed by atoms with Gasteiger partial charge in [0.15, 0.2) is 0 Å². The molecule has 28 heavy (non-hydrogen) atoms. The fourth-order valence-electron chi connectivity index (χ4n) is 3.28. The molecule has 1 aromatic carbocycles. The maximum Gasteiger partial charge on any atom is 0.345 e. The average Bonchev–Trinajstić information content (AvgIpc) is 3.32. The van der Waals surface area contributed by atoms with Crippen LogP contribution < -0.4 is 5.69 Å². The zero-order chi connectivity index (χ0) is 19.7. The zero-order valence-electron chi connectivity index (χ0n) is 15.3. The molecule has 1 aliphatic rings. The molecule has 0 radical (unpaired) electrons. The third-order valence-electron chi connectivity index (χ3n) is 4.84. The molecular formula is C18H19FN6O3. The lowest BCUT2D eigenvalue weighted by Gasteiger charge is -2.30. The first-order valence-electron chi connectivity index (χ1n) is 8.97. The number of halogens is 1. The molecular weight excluding hydrogens is 367 g/mol. The van der Waals surface area contributed by atoms with Crippen molar-refractivity contribution in [3.8, 4) is 11.4 Å². The number of aromatic nitrogens is 5. The van der Waals surface area contributed by atoms with E-state index in [2.05, 4.69) is 15.2 Å². The molecule has 146 valence electrons. The Morgan fingerprint density at radius 1 is 1.32 bits per heavy atom. The molecule has 0 aliphatic carbocycles. The Morgan fingerprint density at radius 2 is 2.11 bits per heavy atom. The molecule has 4 rings (SSSR count). The molecule has 1 aliphatic heterocycles. The summed E-state index contributed by atoms with van der Waals surface area (Å²) < 4.78 is 20.9. The van der Waals surface area contributed by atoms with E-state index in [0.29, 0.717) is 30.4 Å². The minimum absolute atomic E-state index is 0.0835. The van der Waals surface area contributed by atoms with Crippen LogP contribution in [-0.4, -0.2) is 48.4 Å². The van der Waals surface area contributed by atoms with Gasteiger partial charge in [-0.2, -0.15) is 10.1 Å². The molecule has 0 bridgehead atoms. The van der Waals surface area contributed by atoms with Crippen LogP contribution in [0.15, 0.2) is 39.9 Å². The van der Waals surface area contributed by atoms with Crippen molar-refractivity contribution in [3.05, 3.63) is 52.8 Å². The summed E-state index contributed by atoms with van der Waals surface area (Å²) in [4.78, 5) is 30.6. The first-order valence-corrected chi connectivity index (χ1v) is 8.97. The van der Waals surface area contributed by atoms with Gasteiger partial charge in [0, 0.05) is 25.7 Å². The summed E-state index contributed by atoms with van der Waals surface area (Å²) in [6.07, 6.45) is 2.99. The second-order valence-corrected chi connectivity index (χ2v) is 6.82. The number of amides is 1. The number of carbonyl (C=O) groups is 1. The predicted molar refractivity (Wildman–Crippen MR) is 95.7 cm³/mol. The van der Waals surface area contributed by atoms with E-state index in [1.165, 1.54) is 23.0 Å². The van der Waals surface area contributed by atoms with Crippen molar-refractivity contribution in [1.29, 1.82) is 0 Å². The minimum Gasteiger partial charge on any atom is -0.340 e. The maximum atomic E-state index is 13.1. The summed E-state index contributed by atoms with van der Waals surface area (Å²) in [7, 11) is 1.58. The van der Waals surface area contributed by atoms with Crippen LogP contribution in [0.2, 0.25) is 0 Å². The van der Waals surface area contributed by atoms with E-state index in [1.807, 2.05) is 0 Å². The Bertz CT molecular complexity index is 1040. The predicted octanol–water partition coefficient (Wildman–Crippen LogP) is 1.18. The second-order valence-electron chi connectivity index (χ2n) is 6.82. The summed E-state index contributed by atoms with van der Waals surface area (Å²) in [6.45, 7) is 0.943. The van der Waals surface area contributed by atoms with Gasteiger partial charge in [-0.05, 0) is 37.1 Å². The van der Waals surface area contributed by atoms with E-state index >= 15 is 0 Å². The van der Waals surface area contributed by atoms with Gasteiger partial charge >= 0.3 is 5.69 Å². The number of piperidine rings is 1. The highest BCUT2D eigenvalue weighted by molar-refractivity contribution is 5.76. The molecule has 1 fully saturated rings. The third kappa shape index (κ3) is 3.57. The monoisotopic (exact) mass is 386 g/mol. The number of carbonyl (C=O) groups excluding carboxylic acids is 1. The van der Waals surface area contributed by atoms with Crippen LogP contribution >= 0.6 is 0 Å². The highest BCUT2D eigenvalue weighted by Crippen LogP contribution is 2.27. The molecule has 1 atom stereocenters. The summed E-state index contributed by atoms with van der Waals surface area (Å²) in [5.41, 5.74) is 0.331. The lowest BCUT2D eigenvalue weighted by molar-refractivity contribution is -0.133. The second kappa shape index (κ2) is 7.37. The van der Waals surface area contributed by atoms with Crippen molar-refractivity contribution < 1.29 is 13.7 Å². The minimum atomic E-state index is -0.332. The van der Waals surface area contributed by atoms with Crippen LogP contribution in [0.1, 0.15) is 24.7 Å². The van der Waals surface area contributed by atoms with Gasteiger partial charge in [0.1, 0.15) is 18.7 Å². The Kier molecular flexibility index (Phi) is 4.76. The van der Waals surface area contributed by atoms with Crippen LogP contribution in [0.25, 0.3) is 11.4 Å². The fraction of sp³-hybridized carbons (Fsp3) is 0.389. The highest BCUT2D eigenvalue weighted by Gasteiger charge is 2.29. The number of nitrogens with zero attached hydrogens (tertiary/aromatic N) is 6. The van der Waals surface area contributed by atoms with Gasteiger partial charge in [0.25, 0.3) is 0 Å². The lowest BCUT2D eigenvalue weighted by Crippen LogP contribution is -2.42. The topological polar surface area (TPSA) is 99.1 Å². The van der Waals surface area contributed by atoms with Crippen LogP contribution in [0, 0.1) is 5.82 Å². The molecule has 9 nitrogen and oxygen atoms in total. The molecule has 10 heteroatoms. The van der Waals surface area contributed by atoms with Crippen LogP contribution in [0.4, 0.5) is 4.39 Å². The van der Waals surface area contributed by atoms with Gasteiger partial charge in [-0.25, -0.2) is 13.9 Å². The number of rotatable bonds is 4. The molecule has 1 saturated heterocycles. The van der Waals surface area contributed by atoms with Gasteiger partial charge in [0.05, 0.1) is 5.92 Å². The summed E-state index contributed by atoms with van der Waals surface area (Å²) in [6, 6.07) is 5.86. The summed E-state index contributed by atoms with van der Waals surface area (Å²) in [5, 5.41) is 7.90. The molecule has 1 unspecified atom stereocenters. The van der Waals surface area contributed by atoms with Crippen LogP contribution in [0.3, 0.4) is 0 Å². The average molecular weight is 386 g/mol. The van der Waals surface area contributed by atoms with Gasteiger partial charge in [0.2, 0.25) is 17.6 Å². The van der Waals surface area contributed by atoms with Gasteiger partial charge in [-0.3, -0.25) is 9.36 Å². The SMILES string of the molecule is Cn1cnn(CC(=O)N2CCCC(c3nc(-c4ccc(F)cc4)no3)C2)c1=O. The number of hydrogen-bond acceptors (Lipinski definition) is 6. The van der Waals surface area contributed by atoms with E-state index < -0.39 is 0 Å². The third-order valence-corrected chi connectivity index (χ3v) is 4.84.